The van der Waals surface area contributed by atoms with Gasteiger partial charge in [0.15, 0.2) is 18.2 Å². The standard InChI is InChI=1S/C26H23NO6/c1-15-13-21(16(2)27(15)11-12-32-3)22(28)14-33-26(31)20-10-6-9-19-23(20)25(30)18-8-5-4-7-17(18)24(19)29/h4-10,13H,11-12,14H2,1-3H3. The molecule has 0 amide bonds. The number of ketones is 3. The minimum Gasteiger partial charge on any atom is -0.454 e. The van der Waals surface area contributed by atoms with Crippen LogP contribution in [0.25, 0.3) is 0 Å². The first-order valence-corrected chi connectivity index (χ1v) is 10.5. The zero-order valence-electron chi connectivity index (χ0n) is 18.6. The first-order valence-electron chi connectivity index (χ1n) is 10.5. The van der Waals surface area contributed by atoms with Crippen LogP contribution in [-0.2, 0) is 16.0 Å². The molecule has 1 aromatic heterocycles. The molecule has 1 aliphatic carbocycles. The first-order chi connectivity index (χ1) is 15.8. The minimum absolute atomic E-state index is 0.0105. The van der Waals surface area contributed by atoms with Crippen LogP contribution in [0.1, 0.15) is 63.9 Å². The van der Waals surface area contributed by atoms with Crippen molar-refractivity contribution >= 4 is 23.3 Å². The van der Waals surface area contributed by atoms with E-state index in [1.165, 1.54) is 18.2 Å². The summed E-state index contributed by atoms with van der Waals surface area (Å²) in [7, 11) is 1.61. The molecule has 4 rings (SSSR count). The molecular formula is C26H23NO6. The van der Waals surface area contributed by atoms with Gasteiger partial charge in [0, 0.05) is 52.9 Å². The Kier molecular flexibility index (Phi) is 6.07. The van der Waals surface area contributed by atoms with Gasteiger partial charge in [-0.15, -0.1) is 0 Å². The van der Waals surface area contributed by atoms with Crippen molar-refractivity contribution in [1.82, 2.24) is 4.57 Å². The molecule has 1 aliphatic rings. The van der Waals surface area contributed by atoms with E-state index in [0.29, 0.717) is 24.3 Å². The number of carbonyl (C=O) groups is 4. The number of hydrogen-bond donors (Lipinski definition) is 0. The number of Topliss-reactive ketones (excluding diaryl/α,β-unsaturated/α-hetero) is 1. The fraction of sp³-hybridized carbons (Fsp3) is 0.231. The van der Waals surface area contributed by atoms with Crippen molar-refractivity contribution in [3.05, 3.63) is 93.3 Å². The van der Waals surface area contributed by atoms with E-state index in [1.807, 2.05) is 18.4 Å². The average molecular weight is 445 g/mol. The third-order valence-electron chi connectivity index (χ3n) is 5.90. The van der Waals surface area contributed by atoms with E-state index >= 15 is 0 Å². The smallest absolute Gasteiger partial charge is 0.339 e. The van der Waals surface area contributed by atoms with E-state index in [2.05, 4.69) is 0 Å². The van der Waals surface area contributed by atoms with Gasteiger partial charge in [0.05, 0.1) is 12.2 Å². The van der Waals surface area contributed by atoms with Gasteiger partial charge in [-0.25, -0.2) is 4.79 Å². The van der Waals surface area contributed by atoms with Crippen LogP contribution in [0, 0.1) is 13.8 Å². The summed E-state index contributed by atoms with van der Waals surface area (Å²) in [5.74, 6) is -1.92. The molecule has 168 valence electrons. The van der Waals surface area contributed by atoms with Gasteiger partial charge in [-0.1, -0.05) is 36.4 Å². The summed E-state index contributed by atoms with van der Waals surface area (Å²) in [6.07, 6.45) is 0. The number of rotatable bonds is 7. The average Bonchev–Trinajstić information content (AvgIpc) is 3.12. The monoisotopic (exact) mass is 445 g/mol. The summed E-state index contributed by atoms with van der Waals surface area (Å²) in [5.41, 5.74) is 2.82. The molecule has 3 aromatic rings. The third-order valence-corrected chi connectivity index (χ3v) is 5.90. The fourth-order valence-corrected chi connectivity index (χ4v) is 4.21. The van der Waals surface area contributed by atoms with Crippen molar-refractivity contribution in [3.63, 3.8) is 0 Å². The van der Waals surface area contributed by atoms with Gasteiger partial charge in [0.25, 0.3) is 0 Å². The molecule has 0 fully saturated rings. The molecule has 0 spiro atoms. The number of fused-ring (bicyclic) bond motifs is 2. The zero-order chi connectivity index (χ0) is 23.7. The summed E-state index contributed by atoms with van der Waals surface area (Å²) < 4.78 is 12.4. The number of methoxy groups -OCH3 is 1. The topological polar surface area (TPSA) is 91.7 Å². The molecule has 0 atom stereocenters. The molecule has 7 nitrogen and oxygen atoms in total. The van der Waals surface area contributed by atoms with Gasteiger partial charge in [0.1, 0.15) is 0 Å². The van der Waals surface area contributed by atoms with Crippen LogP contribution in [-0.4, -0.2) is 48.2 Å². The highest BCUT2D eigenvalue weighted by Crippen LogP contribution is 2.30. The predicted molar refractivity (Wildman–Crippen MR) is 120 cm³/mol. The molecule has 0 aliphatic heterocycles. The second-order valence-electron chi connectivity index (χ2n) is 7.86. The highest BCUT2D eigenvalue weighted by atomic mass is 16.5. The summed E-state index contributed by atoms with van der Waals surface area (Å²) >= 11 is 0. The second kappa shape index (κ2) is 8.96. The van der Waals surface area contributed by atoms with Crippen molar-refractivity contribution in [3.8, 4) is 0 Å². The Hall–Kier alpha value is -3.84. The molecule has 0 bridgehead atoms. The lowest BCUT2D eigenvalue weighted by Gasteiger charge is -2.19. The first kappa shape index (κ1) is 22.4. The summed E-state index contributed by atoms with van der Waals surface area (Å²) in [6, 6.07) is 12.7. The molecule has 0 radical (unpaired) electrons. The number of nitrogens with zero attached hydrogens (tertiary/aromatic N) is 1. The van der Waals surface area contributed by atoms with Crippen LogP contribution in [0.5, 0.6) is 0 Å². The zero-order valence-corrected chi connectivity index (χ0v) is 18.6. The molecule has 0 unspecified atom stereocenters. The SMILES string of the molecule is COCCn1c(C)cc(C(=O)COC(=O)c2cccc3c2C(=O)c2ccccc2C3=O)c1C. The van der Waals surface area contributed by atoms with Gasteiger partial charge in [-0.05, 0) is 26.0 Å². The minimum atomic E-state index is -0.825. The van der Waals surface area contributed by atoms with Gasteiger partial charge >= 0.3 is 5.97 Å². The largest absolute Gasteiger partial charge is 0.454 e. The van der Waals surface area contributed by atoms with E-state index in [1.54, 1.807) is 37.4 Å². The molecule has 2 aromatic carbocycles. The van der Waals surface area contributed by atoms with Crippen molar-refractivity contribution in [2.45, 2.75) is 20.4 Å². The molecule has 0 saturated carbocycles. The lowest BCUT2D eigenvalue weighted by molar-refractivity contribution is 0.0472. The number of aromatic nitrogens is 1. The lowest BCUT2D eigenvalue weighted by Crippen LogP contribution is -2.25. The van der Waals surface area contributed by atoms with E-state index in [9.17, 15) is 19.2 Å². The van der Waals surface area contributed by atoms with E-state index < -0.39 is 18.4 Å². The third kappa shape index (κ3) is 3.91. The van der Waals surface area contributed by atoms with Crippen molar-refractivity contribution in [2.24, 2.45) is 0 Å². The molecular weight excluding hydrogens is 422 g/mol. The molecule has 1 heterocycles. The second-order valence-corrected chi connectivity index (χ2v) is 7.86. The maximum absolute atomic E-state index is 13.1. The van der Waals surface area contributed by atoms with Gasteiger partial charge in [-0.2, -0.15) is 0 Å². The van der Waals surface area contributed by atoms with E-state index in [0.717, 1.165) is 11.4 Å². The van der Waals surface area contributed by atoms with Crippen LogP contribution < -0.4 is 0 Å². The van der Waals surface area contributed by atoms with Crippen molar-refractivity contribution in [1.29, 1.82) is 0 Å². The van der Waals surface area contributed by atoms with Crippen molar-refractivity contribution < 1.29 is 28.7 Å². The summed E-state index contributed by atoms with van der Waals surface area (Å²) in [4.78, 5) is 51.5. The van der Waals surface area contributed by atoms with Gasteiger partial charge in [0.2, 0.25) is 5.78 Å². The molecule has 0 saturated heterocycles. The van der Waals surface area contributed by atoms with E-state index in [-0.39, 0.29) is 33.8 Å². The van der Waals surface area contributed by atoms with Gasteiger partial charge in [-0.3, -0.25) is 14.4 Å². The fourth-order valence-electron chi connectivity index (χ4n) is 4.21. The number of aryl methyl sites for hydroxylation is 1. The van der Waals surface area contributed by atoms with Crippen LogP contribution in [0.15, 0.2) is 48.5 Å². The molecule has 33 heavy (non-hydrogen) atoms. The number of carbonyl (C=O) groups excluding carboxylic acids is 4. The van der Waals surface area contributed by atoms with Crippen LogP contribution in [0.3, 0.4) is 0 Å². The Bertz CT molecular complexity index is 1300. The number of esters is 1. The highest BCUT2D eigenvalue weighted by molar-refractivity contribution is 6.30. The number of benzene rings is 2. The summed E-state index contributed by atoms with van der Waals surface area (Å²) in [6.45, 7) is 4.36. The summed E-state index contributed by atoms with van der Waals surface area (Å²) in [5, 5.41) is 0. The predicted octanol–water partition coefficient (Wildman–Crippen LogP) is 3.57. The lowest BCUT2D eigenvalue weighted by atomic mass is 9.82. The Balaban J connectivity index is 1.56. The molecule has 7 heteroatoms. The van der Waals surface area contributed by atoms with Crippen molar-refractivity contribution in [2.75, 3.05) is 20.3 Å². The van der Waals surface area contributed by atoms with Crippen LogP contribution in [0.2, 0.25) is 0 Å². The number of ether oxygens (including phenoxy) is 2. The Morgan fingerprint density at radius 1 is 0.879 bits per heavy atom. The quantitative estimate of drug-likeness (QED) is 0.319. The Morgan fingerprint density at radius 3 is 2.24 bits per heavy atom. The number of hydrogen-bond acceptors (Lipinski definition) is 6. The normalized spacial score (nSPS) is 12.3. The highest BCUT2D eigenvalue weighted by Gasteiger charge is 2.33. The maximum atomic E-state index is 13.1. The van der Waals surface area contributed by atoms with Crippen LogP contribution in [0.4, 0.5) is 0 Å². The van der Waals surface area contributed by atoms with Gasteiger partial charge < -0.3 is 14.0 Å². The maximum Gasteiger partial charge on any atom is 0.339 e. The Morgan fingerprint density at radius 2 is 1.55 bits per heavy atom. The van der Waals surface area contributed by atoms with E-state index in [4.69, 9.17) is 9.47 Å². The molecule has 0 N–H and O–H groups in total. The Labute approximate surface area is 190 Å². The van der Waals surface area contributed by atoms with Crippen LogP contribution >= 0.6 is 0 Å².